The molecule has 0 spiro atoms. The van der Waals surface area contributed by atoms with E-state index in [0.717, 1.165) is 26.9 Å². The fraction of sp³-hybridized carbons (Fsp3) is 0.150. The maximum atomic E-state index is 5.46. The Labute approximate surface area is 155 Å². The van der Waals surface area contributed by atoms with Crippen molar-refractivity contribution in [2.75, 3.05) is 21.3 Å². The lowest BCUT2D eigenvalue weighted by Crippen LogP contribution is -1.97. The third-order valence-electron chi connectivity index (χ3n) is 3.90. The van der Waals surface area contributed by atoms with Gasteiger partial charge in [0.2, 0.25) is 5.75 Å². The first kappa shape index (κ1) is 17.3. The van der Waals surface area contributed by atoms with Gasteiger partial charge in [-0.2, -0.15) is 0 Å². The maximum absolute atomic E-state index is 5.46. The molecule has 128 valence electrons. The monoisotopic (exact) mass is 399 g/mol. The Morgan fingerprint density at radius 2 is 1.44 bits per heavy atom. The fourth-order valence-electron chi connectivity index (χ4n) is 2.72. The minimum atomic E-state index is 0.565. The predicted molar refractivity (Wildman–Crippen MR) is 102 cm³/mol. The van der Waals surface area contributed by atoms with Crippen LogP contribution in [0.3, 0.4) is 0 Å². The van der Waals surface area contributed by atoms with Gasteiger partial charge in [-0.3, -0.25) is 4.98 Å². The van der Waals surface area contributed by atoms with E-state index in [9.17, 15) is 0 Å². The molecule has 5 heteroatoms. The normalized spacial score (nSPS) is 10.4. The summed E-state index contributed by atoms with van der Waals surface area (Å²) in [5.74, 6) is 1.77. The molecule has 0 atom stereocenters. The molecule has 0 aliphatic rings. The van der Waals surface area contributed by atoms with Gasteiger partial charge in [0, 0.05) is 21.8 Å². The molecule has 2 aromatic carbocycles. The van der Waals surface area contributed by atoms with Crippen molar-refractivity contribution in [2.24, 2.45) is 0 Å². The van der Waals surface area contributed by atoms with Crippen LogP contribution in [0.4, 0.5) is 0 Å². The van der Waals surface area contributed by atoms with E-state index in [4.69, 9.17) is 14.2 Å². The molecule has 0 aliphatic carbocycles. The Hall–Kier alpha value is -2.53. The van der Waals surface area contributed by atoms with Gasteiger partial charge in [0.25, 0.3) is 0 Å². The lowest BCUT2D eigenvalue weighted by Gasteiger charge is -2.15. The zero-order valence-corrected chi connectivity index (χ0v) is 15.8. The first-order chi connectivity index (χ1) is 12.2. The van der Waals surface area contributed by atoms with E-state index in [-0.39, 0.29) is 0 Å². The summed E-state index contributed by atoms with van der Waals surface area (Å²) in [5, 5.41) is 0. The lowest BCUT2D eigenvalue weighted by atomic mass is 9.99. The summed E-state index contributed by atoms with van der Waals surface area (Å²) < 4.78 is 17.4. The van der Waals surface area contributed by atoms with Gasteiger partial charge in [0.05, 0.1) is 27.0 Å². The van der Waals surface area contributed by atoms with E-state index >= 15 is 0 Å². The van der Waals surface area contributed by atoms with Crippen molar-refractivity contribution in [2.45, 2.75) is 0 Å². The van der Waals surface area contributed by atoms with Gasteiger partial charge < -0.3 is 14.2 Å². The number of pyridine rings is 1. The van der Waals surface area contributed by atoms with Gasteiger partial charge >= 0.3 is 0 Å². The zero-order chi connectivity index (χ0) is 17.8. The largest absolute Gasteiger partial charge is 0.493 e. The second-order valence-electron chi connectivity index (χ2n) is 5.32. The molecule has 25 heavy (non-hydrogen) atoms. The van der Waals surface area contributed by atoms with Gasteiger partial charge in [0.15, 0.2) is 11.5 Å². The van der Waals surface area contributed by atoms with Crippen LogP contribution in [0.2, 0.25) is 0 Å². The Kier molecular flexibility index (Phi) is 5.24. The highest BCUT2D eigenvalue weighted by Crippen LogP contribution is 2.42. The van der Waals surface area contributed by atoms with Gasteiger partial charge in [0.1, 0.15) is 0 Å². The average molecular weight is 400 g/mol. The van der Waals surface area contributed by atoms with E-state index in [1.165, 1.54) is 0 Å². The van der Waals surface area contributed by atoms with Crippen LogP contribution >= 0.6 is 15.9 Å². The molecular formula is C20H18BrNO3. The van der Waals surface area contributed by atoms with Crippen LogP contribution in [0, 0.1) is 0 Å². The Morgan fingerprint density at radius 3 is 2.00 bits per heavy atom. The van der Waals surface area contributed by atoms with Crippen LogP contribution in [-0.4, -0.2) is 26.3 Å². The third-order valence-corrected chi connectivity index (χ3v) is 4.43. The van der Waals surface area contributed by atoms with Crippen molar-refractivity contribution < 1.29 is 14.2 Å². The minimum absolute atomic E-state index is 0.565. The van der Waals surface area contributed by atoms with Crippen LogP contribution in [-0.2, 0) is 0 Å². The summed E-state index contributed by atoms with van der Waals surface area (Å²) in [6.07, 6.45) is 1.78. The molecule has 1 heterocycles. The minimum Gasteiger partial charge on any atom is -0.493 e. The number of nitrogens with zero attached hydrogens (tertiary/aromatic N) is 1. The zero-order valence-electron chi connectivity index (χ0n) is 14.2. The Bertz CT molecular complexity index is 853. The van der Waals surface area contributed by atoms with Crippen LogP contribution in [0.15, 0.2) is 59.2 Å². The molecule has 0 fully saturated rings. The van der Waals surface area contributed by atoms with Crippen LogP contribution in [0.5, 0.6) is 17.2 Å². The molecule has 0 radical (unpaired) electrons. The van der Waals surface area contributed by atoms with Crippen LogP contribution < -0.4 is 14.2 Å². The summed E-state index contributed by atoms with van der Waals surface area (Å²) in [7, 11) is 4.80. The predicted octanol–water partition coefficient (Wildman–Crippen LogP) is 5.20. The van der Waals surface area contributed by atoms with Gasteiger partial charge in [-0.15, -0.1) is 0 Å². The quantitative estimate of drug-likeness (QED) is 0.590. The number of halogens is 1. The molecule has 0 amide bonds. The summed E-state index contributed by atoms with van der Waals surface area (Å²) >= 11 is 3.47. The van der Waals surface area contributed by atoms with E-state index in [0.29, 0.717) is 17.2 Å². The molecular weight excluding hydrogens is 382 g/mol. The second-order valence-corrected chi connectivity index (χ2v) is 6.24. The standard InChI is InChI=1S/C20H18BrNO3/c1-23-17-11-14(12-18(24-2)20(17)25-3)19-16(5-4-10-22-19)13-6-8-15(21)9-7-13/h4-12H,1-3H3. The smallest absolute Gasteiger partial charge is 0.203 e. The van der Waals surface area contributed by atoms with Crippen molar-refractivity contribution >= 4 is 15.9 Å². The van der Waals surface area contributed by atoms with E-state index in [2.05, 4.69) is 39.1 Å². The molecule has 0 unspecified atom stereocenters. The second kappa shape index (κ2) is 7.57. The number of hydrogen-bond donors (Lipinski definition) is 0. The molecule has 1 aromatic heterocycles. The van der Waals surface area contributed by atoms with Crippen LogP contribution in [0.25, 0.3) is 22.4 Å². The summed E-state index contributed by atoms with van der Waals surface area (Å²) in [4.78, 5) is 4.59. The molecule has 4 nitrogen and oxygen atoms in total. The molecule has 0 N–H and O–H groups in total. The van der Waals surface area contributed by atoms with E-state index in [1.807, 2.05) is 30.3 Å². The Morgan fingerprint density at radius 1 is 0.800 bits per heavy atom. The topological polar surface area (TPSA) is 40.6 Å². The molecule has 0 saturated heterocycles. The van der Waals surface area contributed by atoms with E-state index < -0.39 is 0 Å². The van der Waals surface area contributed by atoms with Gasteiger partial charge in [-0.05, 0) is 35.9 Å². The third kappa shape index (κ3) is 3.46. The lowest BCUT2D eigenvalue weighted by molar-refractivity contribution is 0.324. The summed E-state index contributed by atoms with van der Waals surface area (Å²) in [6.45, 7) is 0. The highest BCUT2D eigenvalue weighted by Gasteiger charge is 2.17. The highest BCUT2D eigenvalue weighted by molar-refractivity contribution is 9.10. The SMILES string of the molecule is COc1cc(-c2ncccc2-c2ccc(Br)cc2)cc(OC)c1OC. The molecule has 0 bridgehead atoms. The number of rotatable bonds is 5. The van der Waals surface area contributed by atoms with Crippen molar-refractivity contribution in [3.8, 4) is 39.6 Å². The average Bonchev–Trinajstić information content (AvgIpc) is 2.67. The van der Waals surface area contributed by atoms with Gasteiger partial charge in [-0.1, -0.05) is 34.1 Å². The van der Waals surface area contributed by atoms with Crippen molar-refractivity contribution in [3.05, 3.63) is 59.2 Å². The highest BCUT2D eigenvalue weighted by atomic mass is 79.9. The number of aromatic nitrogens is 1. The van der Waals surface area contributed by atoms with E-state index in [1.54, 1.807) is 27.5 Å². The number of methoxy groups -OCH3 is 3. The van der Waals surface area contributed by atoms with Crippen molar-refractivity contribution in [1.82, 2.24) is 4.98 Å². The molecule has 0 aliphatic heterocycles. The number of benzene rings is 2. The molecule has 3 aromatic rings. The van der Waals surface area contributed by atoms with Crippen molar-refractivity contribution in [1.29, 1.82) is 0 Å². The molecule has 0 saturated carbocycles. The summed E-state index contributed by atoms with van der Waals surface area (Å²) in [6, 6.07) is 15.9. The maximum Gasteiger partial charge on any atom is 0.203 e. The molecule has 3 rings (SSSR count). The number of hydrogen-bond acceptors (Lipinski definition) is 4. The Balaban J connectivity index is 2.19. The summed E-state index contributed by atoms with van der Waals surface area (Å²) in [5.41, 5.74) is 3.86. The van der Waals surface area contributed by atoms with Crippen LogP contribution in [0.1, 0.15) is 0 Å². The van der Waals surface area contributed by atoms with Crippen molar-refractivity contribution in [3.63, 3.8) is 0 Å². The van der Waals surface area contributed by atoms with Gasteiger partial charge in [-0.25, -0.2) is 0 Å². The first-order valence-corrected chi connectivity index (χ1v) is 8.48. The number of ether oxygens (including phenoxy) is 3. The fourth-order valence-corrected chi connectivity index (χ4v) is 2.98. The first-order valence-electron chi connectivity index (χ1n) is 7.69.